The van der Waals surface area contributed by atoms with Crippen molar-refractivity contribution in [1.29, 1.82) is 0 Å². The van der Waals surface area contributed by atoms with Crippen molar-refractivity contribution in [2.24, 2.45) is 0 Å². The number of imidazole rings is 1. The Bertz CT molecular complexity index is 900. The van der Waals surface area contributed by atoms with Gasteiger partial charge < -0.3 is 34.8 Å². The van der Waals surface area contributed by atoms with Gasteiger partial charge >= 0.3 is 15.2 Å². The number of hydrogen-bond donors (Lipinski definition) is 5. The normalized spacial score (nSPS) is 26.2. The highest BCUT2D eigenvalue weighted by molar-refractivity contribution is 7.70. The van der Waals surface area contributed by atoms with E-state index in [-0.39, 0.29) is 12.2 Å². The van der Waals surface area contributed by atoms with Gasteiger partial charge in [-0.3, -0.25) is 13.7 Å². The zero-order valence-corrected chi connectivity index (χ0v) is 15.0. The molecular formula is C11H17N5O8P2. The van der Waals surface area contributed by atoms with E-state index in [1.165, 1.54) is 17.2 Å². The lowest BCUT2D eigenvalue weighted by molar-refractivity contribution is -0.0465. The van der Waals surface area contributed by atoms with Crippen LogP contribution in [-0.4, -0.2) is 64.0 Å². The van der Waals surface area contributed by atoms with Gasteiger partial charge in [0.2, 0.25) is 0 Å². The van der Waals surface area contributed by atoms with Crippen molar-refractivity contribution in [1.82, 2.24) is 19.5 Å². The first-order valence-electron chi connectivity index (χ1n) is 7.33. The standard InChI is InChI=1S/C11H17N5O8P2/c12-9-8-10(14-3-13-9)16(4-15-8)11-7(17)1-6(24-11)2-23-26(21,22)5-25(18,19)20/h3-4,6-7,11,17H,1-2,5H2,(H,21,22)(H2,12,13,14)(H2,18,19,20)/t6-,7+,11+/m0/s1. The first kappa shape index (κ1) is 19.3. The number of aliphatic hydroxyl groups excluding tert-OH is 1. The van der Waals surface area contributed by atoms with E-state index in [2.05, 4.69) is 15.0 Å². The summed E-state index contributed by atoms with van der Waals surface area (Å²) in [6, 6.07) is 0. The maximum absolute atomic E-state index is 11.7. The van der Waals surface area contributed by atoms with Crippen molar-refractivity contribution in [2.75, 3.05) is 18.2 Å². The number of nitrogens with two attached hydrogens (primary N) is 1. The average Bonchev–Trinajstić information content (AvgIpc) is 3.07. The van der Waals surface area contributed by atoms with Gasteiger partial charge in [0.05, 0.1) is 19.0 Å². The van der Waals surface area contributed by atoms with Crippen LogP contribution < -0.4 is 5.73 Å². The number of aliphatic hydroxyl groups is 1. The minimum absolute atomic E-state index is 0.0703. The van der Waals surface area contributed by atoms with Crippen LogP contribution in [0.4, 0.5) is 5.82 Å². The maximum atomic E-state index is 11.7. The van der Waals surface area contributed by atoms with Crippen molar-refractivity contribution in [3.8, 4) is 0 Å². The molecule has 3 heterocycles. The van der Waals surface area contributed by atoms with Crippen LogP contribution in [0.25, 0.3) is 11.2 Å². The van der Waals surface area contributed by atoms with Crippen molar-refractivity contribution >= 4 is 32.2 Å². The Hall–Kier alpha value is -1.43. The fourth-order valence-electron chi connectivity index (χ4n) is 2.62. The van der Waals surface area contributed by atoms with Crippen molar-refractivity contribution in [3.05, 3.63) is 12.7 Å². The van der Waals surface area contributed by atoms with Crippen LogP contribution in [0, 0.1) is 0 Å². The largest absolute Gasteiger partial charge is 0.388 e. The zero-order valence-electron chi connectivity index (χ0n) is 13.2. The minimum atomic E-state index is -4.71. The van der Waals surface area contributed by atoms with E-state index in [1.807, 2.05) is 0 Å². The molecule has 1 aliphatic heterocycles. The summed E-state index contributed by atoms with van der Waals surface area (Å²) in [5, 5.41) is 10.2. The van der Waals surface area contributed by atoms with Crippen molar-refractivity contribution in [2.45, 2.75) is 24.9 Å². The molecule has 15 heteroatoms. The number of fused-ring (bicyclic) bond motifs is 1. The Morgan fingerprint density at radius 1 is 1.31 bits per heavy atom. The zero-order chi connectivity index (χ0) is 19.1. The van der Waals surface area contributed by atoms with Crippen LogP contribution in [0.3, 0.4) is 0 Å². The number of hydrogen-bond acceptors (Lipinski definition) is 9. The second kappa shape index (κ2) is 6.95. The molecule has 2 aromatic rings. The van der Waals surface area contributed by atoms with Gasteiger partial charge in [-0.15, -0.1) is 0 Å². The number of nitrogens with zero attached hydrogens (tertiary/aromatic N) is 4. The van der Waals surface area contributed by atoms with E-state index in [9.17, 15) is 19.1 Å². The fraction of sp³-hybridized carbons (Fsp3) is 0.545. The van der Waals surface area contributed by atoms with Gasteiger partial charge in [-0.05, 0) is 0 Å². The van der Waals surface area contributed by atoms with Gasteiger partial charge in [0.25, 0.3) is 0 Å². The molecule has 1 saturated heterocycles. The van der Waals surface area contributed by atoms with Gasteiger partial charge in [-0.25, -0.2) is 15.0 Å². The minimum Gasteiger partial charge on any atom is -0.388 e. The van der Waals surface area contributed by atoms with E-state index in [0.717, 1.165) is 0 Å². The van der Waals surface area contributed by atoms with E-state index in [0.29, 0.717) is 11.2 Å². The van der Waals surface area contributed by atoms with Crippen molar-refractivity contribution < 1.29 is 38.2 Å². The predicted molar refractivity (Wildman–Crippen MR) is 87.0 cm³/mol. The molecule has 2 aromatic heterocycles. The molecule has 3 rings (SSSR count). The molecule has 0 amide bonds. The molecule has 1 aliphatic rings. The lowest BCUT2D eigenvalue weighted by Crippen LogP contribution is -2.19. The molecule has 1 fully saturated rings. The summed E-state index contributed by atoms with van der Waals surface area (Å²) in [7, 11) is -9.20. The van der Waals surface area contributed by atoms with Crippen LogP contribution in [0.15, 0.2) is 12.7 Å². The van der Waals surface area contributed by atoms with Crippen LogP contribution in [0.5, 0.6) is 0 Å². The van der Waals surface area contributed by atoms with Gasteiger partial charge in [0, 0.05) is 6.42 Å². The SMILES string of the molecule is Nc1ncnc2c1ncn2[C@@H]1O[C@H](COP(=O)(O)CP(=O)(O)O)C[C@H]1O. The van der Waals surface area contributed by atoms with E-state index in [1.54, 1.807) is 0 Å². The molecule has 0 aromatic carbocycles. The predicted octanol–water partition coefficient (Wildman–Crippen LogP) is -0.606. The van der Waals surface area contributed by atoms with Gasteiger partial charge in [0.15, 0.2) is 23.6 Å². The quantitative estimate of drug-likeness (QED) is 0.379. The highest BCUT2D eigenvalue weighted by Gasteiger charge is 2.38. The Kier molecular flexibility index (Phi) is 5.17. The molecule has 0 spiro atoms. The topological polar surface area (TPSA) is 203 Å². The van der Waals surface area contributed by atoms with E-state index < -0.39 is 46.1 Å². The Morgan fingerprint density at radius 3 is 2.73 bits per heavy atom. The number of aromatic nitrogens is 4. The molecule has 144 valence electrons. The van der Waals surface area contributed by atoms with Crippen LogP contribution in [0.2, 0.25) is 0 Å². The number of ether oxygens (including phenoxy) is 1. The number of anilines is 1. The Balaban J connectivity index is 1.69. The van der Waals surface area contributed by atoms with Gasteiger partial charge in [-0.2, -0.15) is 0 Å². The van der Waals surface area contributed by atoms with E-state index >= 15 is 0 Å². The van der Waals surface area contributed by atoms with Crippen LogP contribution >= 0.6 is 15.2 Å². The highest BCUT2D eigenvalue weighted by atomic mass is 31.2. The Morgan fingerprint density at radius 2 is 2.04 bits per heavy atom. The maximum Gasteiger partial charge on any atom is 0.340 e. The van der Waals surface area contributed by atoms with E-state index in [4.69, 9.17) is 24.8 Å². The summed E-state index contributed by atoms with van der Waals surface area (Å²) >= 11 is 0. The van der Waals surface area contributed by atoms with Crippen molar-refractivity contribution in [3.63, 3.8) is 0 Å². The third kappa shape index (κ3) is 4.27. The second-order valence-electron chi connectivity index (χ2n) is 5.77. The molecule has 0 aliphatic carbocycles. The van der Waals surface area contributed by atoms with Gasteiger partial charge in [-0.1, -0.05) is 0 Å². The monoisotopic (exact) mass is 409 g/mol. The third-order valence-electron chi connectivity index (χ3n) is 3.65. The number of nitrogen functional groups attached to an aromatic ring is 1. The molecule has 0 saturated carbocycles. The second-order valence-corrected chi connectivity index (χ2v) is 9.77. The van der Waals surface area contributed by atoms with Crippen LogP contribution in [-0.2, 0) is 18.4 Å². The summed E-state index contributed by atoms with van der Waals surface area (Å²) in [5.41, 5.74) is 6.39. The Labute approximate surface area is 146 Å². The molecule has 0 radical (unpaired) electrons. The first-order chi connectivity index (χ1) is 12.1. The molecule has 0 bridgehead atoms. The number of rotatable bonds is 6. The summed E-state index contributed by atoms with van der Waals surface area (Å²) in [5.74, 6) is -1.12. The lowest BCUT2D eigenvalue weighted by atomic mass is 10.2. The highest BCUT2D eigenvalue weighted by Crippen LogP contribution is 2.55. The summed E-state index contributed by atoms with van der Waals surface area (Å²) in [6.45, 7) is -0.426. The molecule has 6 N–H and O–H groups in total. The molecular weight excluding hydrogens is 392 g/mol. The summed E-state index contributed by atoms with van der Waals surface area (Å²) < 4.78 is 34.3. The average molecular weight is 409 g/mol. The lowest BCUT2D eigenvalue weighted by Gasteiger charge is -2.18. The molecule has 1 unspecified atom stereocenters. The molecule has 13 nitrogen and oxygen atoms in total. The first-order valence-corrected chi connectivity index (χ1v) is 10.9. The molecule has 4 atom stereocenters. The molecule has 26 heavy (non-hydrogen) atoms. The van der Waals surface area contributed by atoms with Crippen LogP contribution in [0.1, 0.15) is 12.6 Å². The summed E-state index contributed by atoms with van der Waals surface area (Å²) in [4.78, 5) is 38.9. The van der Waals surface area contributed by atoms with Gasteiger partial charge in [0.1, 0.15) is 17.9 Å². The third-order valence-corrected chi connectivity index (χ3v) is 7.11. The summed E-state index contributed by atoms with van der Waals surface area (Å²) in [6.07, 6.45) is 0.0314. The smallest absolute Gasteiger partial charge is 0.340 e. The fourth-order valence-corrected chi connectivity index (χ4v) is 5.21.